The van der Waals surface area contributed by atoms with Crippen LogP contribution in [0, 0.1) is 11.8 Å². The van der Waals surface area contributed by atoms with E-state index in [1.165, 1.54) is 0 Å². The summed E-state index contributed by atoms with van der Waals surface area (Å²) in [5.41, 5.74) is 2.89. The van der Waals surface area contributed by atoms with Crippen LogP contribution in [0.4, 0.5) is 5.82 Å². The number of carbonyl (C=O) groups excluding carboxylic acids is 1. The molecule has 7 nitrogen and oxygen atoms in total. The third-order valence-electron chi connectivity index (χ3n) is 5.53. The van der Waals surface area contributed by atoms with E-state index in [4.69, 9.17) is 0 Å². The number of nitrogens with zero attached hydrogens (tertiary/aromatic N) is 5. The minimum atomic E-state index is 0.0386. The van der Waals surface area contributed by atoms with Gasteiger partial charge in [-0.15, -0.1) is 10.2 Å². The molecular weight excluding hydrogens is 364 g/mol. The Bertz CT molecular complexity index is 1000. The van der Waals surface area contributed by atoms with Crippen molar-refractivity contribution >= 4 is 22.6 Å². The Morgan fingerprint density at radius 2 is 2.00 bits per heavy atom. The first-order chi connectivity index (χ1) is 14.0. The van der Waals surface area contributed by atoms with Crippen LogP contribution in [0.2, 0.25) is 0 Å². The van der Waals surface area contributed by atoms with Gasteiger partial charge in [-0.1, -0.05) is 19.9 Å². The summed E-state index contributed by atoms with van der Waals surface area (Å²) < 4.78 is 1.98. The fraction of sp³-hybridized carbons (Fsp3) is 0.455. The van der Waals surface area contributed by atoms with Crippen molar-refractivity contribution in [2.75, 3.05) is 25.0 Å². The van der Waals surface area contributed by atoms with Gasteiger partial charge >= 0.3 is 0 Å². The zero-order valence-corrected chi connectivity index (χ0v) is 17.3. The van der Waals surface area contributed by atoms with Gasteiger partial charge in [0.25, 0.3) is 0 Å². The predicted octanol–water partition coefficient (Wildman–Crippen LogP) is 3.34. The second-order valence-electron chi connectivity index (χ2n) is 8.35. The molecule has 152 valence electrons. The first kappa shape index (κ1) is 19.5. The summed E-state index contributed by atoms with van der Waals surface area (Å²) in [6.45, 7) is 7.53. The molecule has 1 aliphatic rings. The van der Waals surface area contributed by atoms with Crippen LogP contribution in [-0.2, 0) is 11.8 Å². The molecule has 3 heterocycles. The van der Waals surface area contributed by atoms with Crippen LogP contribution in [0.25, 0.3) is 22.2 Å². The summed E-state index contributed by atoms with van der Waals surface area (Å²) in [7, 11) is 1.97. The van der Waals surface area contributed by atoms with E-state index in [1.54, 1.807) is 6.33 Å². The lowest BCUT2D eigenvalue weighted by Crippen LogP contribution is -2.39. The van der Waals surface area contributed by atoms with Gasteiger partial charge in [0.1, 0.15) is 0 Å². The van der Waals surface area contributed by atoms with Gasteiger partial charge in [-0.05, 0) is 50.0 Å². The van der Waals surface area contributed by atoms with Gasteiger partial charge in [0.2, 0.25) is 5.91 Å². The fourth-order valence-electron chi connectivity index (χ4n) is 4.02. The standard InChI is InChI=1S/C22H28N6O/c1-15(2)13-28-8-6-16(7-9-28)22(29)24-21-11-18-10-17(4-5-19(18)25-26-21)20-12-23-14-27(20)3/h4-5,10-12,14-16H,6-9,13H2,1-3H3,(H,24,26,29). The number of hydrogen-bond donors (Lipinski definition) is 1. The van der Waals surface area contributed by atoms with Gasteiger partial charge in [-0.2, -0.15) is 0 Å². The summed E-state index contributed by atoms with van der Waals surface area (Å²) in [4.78, 5) is 19.4. The molecule has 1 saturated heterocycles. The van der Waals surface area contributed by atoms with Crippen molar-refractivity contribution in [1.82, 2.24) is 24.6 Å². The van der Waals surface area contributed by atoms with Crippen LogP contribution in [0.3, 0.4) is 0 Å². The fourth-order valence-corrected chi connectivity index (χ4v) is 4.02. The number of imidazole rings is 1. The molecule has 0 atom stereocenters. The van der Waals surface area contributed by atoms with Crippen LogP contribution >= 0.6 is 0 Å². The SMILES string of the molecule is CC(C)CN1CCC(C(=O)Nc2cc3cc(-c4cncn4C)ccc3nn2)CC1. The quantitative estimate of drug-likeness (QED) is 0.721. The van der Waals surface area contributed by atoms with E-state index in [0.717, 1.165) is 54.6 Å². The van der Waals surface area contributed by atoms with Crippen molar-refractivity contribution in [2.24, 2.45) is 18.9 Å². The van der Waals surface area contributed by atoms with E-state index in [9.17, 15) is 4.79 Å². The Kier molecular flexibility index (Phi) is 5.58. The normalized spacial score (nSPS) is 15.9. The maximum atomic E-state index is 12.7. The lowest BCUT2D eigenvalue weighted by Gasteiger charge is -2.32. The highest BCUT2D eigenvalue weighted by molar-refractivity contribution is 5.94. The minimum Gasteiger partial charge on any atom is -0.334 e. The molecule has 1 amide bonds. The lowest BCUT2D eigenvalue weighted by molar-refractivity contribution is -0.121. The molecule has 7 heteroatoms. The van der Waals surface area contributed by atoms with Gasteiger partial charge < -0.3 is 14.8 Å². The van der Waals surface area contributed by atoms with Crippen LogP contribution < -0.4 is 5.32 Å². The summed E-state index contributed by atoms with van der Waals surface area (Å²) in [5, 5.41) is 12.4. The second-order valence-corrected chi connectivity index (χ2v) is 8.35. The van der Waals surface area contributed by atoms with Crippen molar-refractivity contribution in [3.05, 3.63) is 36.8 Å². The average Bonchev–Trinajstić information content (AvgIpc) is 3.13. The lowest BCUT2D eigenvalue weighted by atomic mass is 9.95. The molecule has 29 heavy (non-hydrogen) atoms. The Hall–Kier alpha value is -2.80. The molecule has 1 aliphatic heterocycles. The van der Waals surface area contributed by atoms with Gasteiger partial charge in [0.15, 0.2) is 5.82 Å². The van der Waals surface area contributed by atoms with E-state index in [-0.39, 0.29) is 11.8 Å². The number of aryl methyl sites for hydroxylation is 1. The number of rotatable bonds is 5. The molecule has 0 aliphatic carbocycles. The van der Waals surface area contributed by atoms with Crippen molar-refractivity contribution in [3.63, 3.8) is 0 Å². The largest absolute Gasteiger partial charge is 0.334 e. The number of benzene rings is 1. The third kappa shape index (κ3) is 4.45. The monoisotopic (exact) mass is 392 g/mol. The number of amides is 1. The molecule has 0 bridgehead atoms. The van der Waals surface area contributed by atoms with Crippen LogP contribution in [0.15, 0.2) is 36.8 Å². The zero-order chi connectivity index (χ0) is 20.4. The number of piperidine rings is 1. The molecule has 0 radical (unpaired) electrons. The first-order valence-corrected chi connectivity index (χ1v) is 10.3. The molecule has 1 N–H and O–H groups in total. The minimum absolute atomic E-state index is 0.0386. The summed E-state index contributed by atoms with van der Waals surface area (Å²) >= 11 is 0. The summed E-state index contributed by atoms with van der Waals surface area (Å²) in [6, 6.07) is 7.91. The Morgan fingerprint density at radius 1 is 1.21 bits per heavy atom. The average molecular weight is 393 g/mol. The van der Waals surface area contributed by atoms with Gasteiger partial charge in [0, 0.05) is 30.5 Å². The first-order valence-electron chi connectivity index (χ1n) is 10.3. The van der Waals surface area contributed by atoms with Crippen LogP contribution in [0.5, 0.6) is 0 Å². The summed E-state index contributed by atoms with van der Waals surface area (Å²) in [6.07, 6.45) is 5.40. The van der Waals surface area contributed by atoms with E-state index >= 15 is 0 Å². The second kappa shape index (κ2) is 8.29. The number of fused-ring (bicyclic) bond motifs is 1. The number of carbonyl (C=O) groups is 1. The Balaban J connectivity index is 1.45. The van der Waals surface area contributed by atoms with Crippen molar-refractivity contribution in [3.8, 4) is 11.3 Å². The van der Waals surface area contributed by atoms with E-state index in [2.05, 4.69) is 45.3 Å². The van der Waals surface area contributed by atoms with E-state index in [0.29, 0.717) is 11.7 Å². The Labute approximate surface area is 171 Å². The molecule has 1 aromatic carbocycles. The smallest absolute Gasteiger partial charge is 0.228 e. The highest BCUT2D eigenvalue weighted by Crippen LogP contribution is 2.25. The highest BCUT2D eigenvalue weighted by atomic mass is 16.2. The van der Waals surface area contributed by atoms with E-state index < -0.39 is 0 Å². The third-order valence-corrected chi connectivity index (χ3v) is 5.53. The molecular formula is C22H28N6O. The maximum Gasteiger partial charge on any atom is 0.228 e. The number of nitrogens with one attached hydrogen (secondary N) is 1. The molecule has 2 aromatic heterocycles. The highest BCUT2D eigenvalue weighted by Gasteiger charge is 2.25. The van der Waals surface area contributed by atoms with Gasteiger partial charge in [-0.3, -0.25) is 4.79 Å². The van der Waals surface area contributed by atoms with Crippen LogP contribution in [0.1, 0.15) is 26.7 Å². The van der Waals surface area contributed by atoms with E-state index in [1.807, 2.05) is 36.0 Å². The molecule has 0 unspecified atom stereocenters. The van der Waals surface area contributed by atoms with Crippen molar-refractivity contribution in [1.29, 1.82) is 0 Å². The molecule has 1 fully saturated rings. The number of aromatic nitrogens is 4. The van der Waals surface area contributed by atoms with Crippen LogP contribution in [-0.4, -0.2) is 50.2 Å². The Morgan fingerprint density at radius 3 is 2.69 bits per heavy atom. The zero-order valence-electron chi connectivity index (χ0n) is 17.3. The molecule has 0 saturated carbocycles. The van der Waals surface area contributed by atoms with Gasteiger partial charge in [0.05, 0.1) is 23.7 Å². The molecule has 4 rings (SSSR count). The number of likely N-dealkylation sites (tertiary alicyclic amines) is 1. The molecule has 3 aromatic rings. The summed E-state index contributed by atoms with van der Waals surface area (Å²) in [5.74, 6) is 1.25. The van der Waals surface area contributed by atoms with Crippen molar-refractivity contribution in [2.45, 2.75) is 26.7 Å². The topological polar surface area (TPSA) is 75.9 Å². The number of hydrogen-bond acceptors (Lipinski definition) is 5. The predicted molar refractivity (Wildman–Crippen MR) is 114 cm³/mol. The van der Waals surface area contributed by atoms with Crippen molar-refractivity contribution < 1.29 is 4.79 Å². The molecule has 0 spiro atoms. The maximum absolute atomic E-state index is 12.7. The van der Waals surface area contributed by atoms with Gasteiger partial charge in [-0.25, -0.2) is 4.98 Å². The number of anilines is 1.